The van der Waals surface area contributed by atoms with Crippen molar-refractivity contribution in [2.24, 2.45) is 0 Å². The maximum atomic E-state index is 13.0. The minimum Gasteiger partial charge on any atom is -0.454 e. The number of benzene rings is 1. The summed E-state index contributed by atoms with van der Waals surface area (Å²) in [5.41, 5.74) is 2.63. The number of fused-ring (bicyclic) bond motifs is 2. The van der Waals surface area contributed by atoms with Crippen molar-refractivity contribution in [3.05, 3.63) is 42.2 Å². The van der Waals surface area contributed by atoms with Crippen LogP contribution in [-0.2, 0) is 4.79 Å². The van der Waals surface area contributed by atoms with Crippen molar-refractivity contribution in [2.75, 3.05) is 33.0 Å². The van der Waals surface area contributed by atoms with E-state index < -0.39 is 0 Å². The van der Waals surface area contributed by atoms with Gasteiger partial charge in [-0.05, 0) is 24.3 Å². The van der Waals surface area contributed by atoms with Gasteiger partial charge in [-0.25, -0.2) is 9.50 Å². The van der Waals surface area contributed by atoms with Gasteiger partial charge in [0.15, 0.2) is 17.1 Å². The first-order valence-electron chi connectivity index (χ1n) is 9.39. The Kier molecular flexibility index (Phi) is 4.08. The van der Waals surface area contributed by atoms with E-state index in [1.807, 2.05) is 24.3 Å². The van der Waals surface area contributed by atoms with Crippen molar-refractivity contribution in [1.82, 2.24) is 24.4 Å². The van der Waals surface area contributed by atoms with Gasteiger partial charge in [0.2, 0.25) is 12.7 Å². The monoisotopic (exact) mass is 393 g/mol. The third-order valence-corrected chi connectivity index (χ3v) is 5.31. The number of hydrogen-bond donors (Lipinski definition) is 0. The molecular formula is C20H19N5O4. The van der Waals surface area contributed by atoms with Crippen molar-refractivity contribution in [3.63, 3.8) is 0 Å². The fourth-order valence-electron chi connectivity index (χ4n) is 3.71. The highest BCUT2D eigenvalue weighted by Crippen LogP contribution is 2.36. The molecular weight excluding hydrogens is 374 g/mol. The van der Waals surface area contributed by atoms with Gasteiger partial charge in [0.25, 0.3) is 5.91 Å². The van der Waals surface area contributed by atoms with E-state index in [1.54, 1.807) is 33.6 Å². The summed E-state index contributed by atoms with van der Waals surface area (Å²) in [6, 6.07) is 7.51. The van der Waals surface area contributed by atoms with E-state index in [2.05, 4.69) is 10.1 Å². The fourth-order valence-corrected chi connectivity index (χ4v) is 3.71. The summed E-state index contributed by atoms with van der Waals surface area (Å²) in [6.07, 6.45) is 3.22. The number of nitrogens with zero attached hydrogens (tertiary/aromatic N) is 5. The SMILES string of the molecule is CC(=O)N1CCN(C(=O)c2cnn3c(-c4ccc5c(c4)OCO5)ccnc23)CC1. The Bertz CT molecular complexity index is 1120. The van der Waals surface area contributed by atoms with Gasteiger partial charge >= 0.3 is 0 Å². The third kappa shape index (κ3) is 2.95. The van der Waals surface area contributed by atoms with E-state index in [-0.39, 0.29) is 18.6 Å². The molecule has 2 aromatic heterocycles. The molecule has 2 aliphatic rings. The molecule has 2 aliphatic heterocycles. The van der Waals surface area contributed by atoms with E-state index >= 15 is 0 Å². The van der Waals surface area contributed by atoms with Crippen LogP contribution in [0.2, 0.25) is 0 Å². The van der Waals surface area contributed by atoms with E-state index in [1.165, 1.54) is 0 Å². The summed E-state index contributed by atoms with van der Waals surface area (Å²) < 4.78 is 12.5. The summed E-state index contributed by atoms with van der Waals surface area (Å²) in [5.74, 6) is 1.29. The summed E-state index contributed by atoms with van der Waals surface area (Å²) in [5, 5.41) is 4.42. The molecule has 0 radical (unpaired) electrons. The summed E-state index contributed by atoms with van der Waals surface area (Å²) >= 11 is 0. The number of carbonyl (C=O) groups is 2. The molecule has 0 spiro atoms. The lowest BCUT2D eigenvalue weighted by Crippen LogP contribution is -2.50. The van der Waals surface area contributed by atoms with Crippen LogP contribution in [-0.4, -0.2) is 69.2 Å². The molecule has 1 saturated heterocycles. The smallest absolute Gasteiger partial charge is 0.259 e. The van der Waals surface area contributed by atoms with Crippen molar-refractivity contribution in [3.8, 4) is 22.8 Å². The van der Waals surface area contributed by atoms with Gasteiger partial charge in [-0.15, -0.1) is 0 Å². The van der Waals surface area contributed by atoms with Gasteiger partial charge in [0.1, 0.15) is 5.56 Å². The van der Waals surface area contributed by atoms with Crippen molar-refractivity contribution in [1.29, 1.82) is 0 Å². The summed E-state index contributed by atoms with van der Waals surface area (Å²) in [4.78, 5) is 32.4. The molecule has 1 fully saturated rings. The Hall–Kier alpha value is -3.62. The maximum absolute atomic E-state index is 13.0. The molecule has 3 aromatic rings. The van der Waals surface area contributed by atoms with Gasteiger partial charge in [-0.2, -0.15) is 5.10 Å². The lowest BCUT2D eigenvalue weighted by molar-refractivity contribution is -0.130. The minimum absolute atomic E-state index is 0.0307. The van der Waals surface area contributed by atoms with Crippen LogP contribution in [0.4, 0.5) is 0 Å². The molecule has 29 heavy (non-hydrogen) atoms. The molecule has 9 heteroatoms. The van der Waals surface area contributed by atoms with Crippen LogP contribution in [0.15, 0.2) is 36.7 Å². The maximum Gasteiger partial charge on any atom is 0.259 e. The van der Waals surface area contributed by atoms with Crippen LogP contribution in [0.25, 0.3) is 16.9 Å². The number of ether oxygens (including phenoxy) is 2. The first kappa shape index (κ1) is 17.5. The molecule has 0 aliphatic carbocycles. The average molecular weight is 393 g/mol. The Morgan fingerprint density at radius 3 is 2.55 bits per heavy atom. The first-order chi connectivity index (χ1) is 14.1. The van der Waals surface area contributed by atoms with Crippen LogP contribution < -0.4 is 9.47 Å². The second-order valence-electron chi connectivity index (χ2n) is 6.99. The van der Waals surface area contributed by atoms with E-state index in [0.717, 1.165) is 11.3 Å². The molecule has 5 rings (SSSR count). The molecule has 0 saturated carbocycles. The number of carbonyl (C=O) groups excluding carboxylic acids is 2. The number of hydrogen-bond acceptors (Lipinski definition) is 6. The number of rotatable bonds is 2. The van der Waals surface area contributed by atoms with Gasteiger partial charge in [0.05, 0.1) is 11.9 Å². The third-order valence-electron chi connectivity index (χ3n) is 5.31. The van der Waals surface area contributed by atoms with Gasteiger partial charge in [0, 0.05) is 44.9 Å². The molecule has 4 heterocycles. The molecule has 148 valence electrons. The van der Waals surface area contributed by atoms with Crippen LogP contribution in [0.3, 0.4) is 0 Å². The Morgan fingerprint density at radius 1 is 1.00 bits per heavy atom. The van der Waals surface area contributed by atoms with Gasteiger partial charge in [-0.3, -0.25) is 9.59 Å². The van der Waals surface area contributed by atoms with Crippen LogP contribution in [0.1, 0.15) is 17.3 Å². The molecule has 2 amide bonds. The van der Waals surface area contributed by atoms with Gasteiger partial charge in [-0.1, -0.05) is 0 Å². The second kappa shape index (κ2) is 6.77. The largest absolute Gasteiger partial charge is 0.454 e. The van der Waals surface area contributed by atoms with Gasteiger partial charge < -0.3 is 19.3 Å². The Morgan fingerprint density at radius 2 is 1.76 bits per heavy atom. The molecule has 1 aromatic carbocycles. The van der Waals surface area contributed by atoms with Crippen LogP contribution in [0, 0.1) is 0 Å². The zero-order valence-corrected chi connectivity index (χ0v) is 15.9. The molecule has 0 atom stereocenters. The van der Waals surface area contributed by atoms with E-state index in [4.69, 9.17) is 9.47 Å². The lowest BCUT2D eigenvalue weighted by Gasteiger charge is -2.34. The molecule has 0 N–H and O–H groups in total. The quantitative estimate of drug-likeness (QED) is 0.654. The zero-order valence-electron chi connectivity index (χ0n) is 15.9. The summed E-state index contributed by atoms with van der Waals surface area (Å²) in [7, 11) is 0. The number of aromatic nitrogens is 3. The highest BCUT2D eigenvalue weighted by molar-refractivity contribution is 6.00. The normalized spacial score (nSPS) is 15.8. The Labute approximate surface area is 166 Å². The average Bonchev–Trinajstić information content (AvgIpc) is 3.39. The predicted octanol–water partition coefficient (Wildman–Crippen LogP) is 1.43. The summed E-state index contributed by atoms with van der Waals surface area (Å²) in [6.45, 7) is 3.83. The highest BCUT2D eigenvalue weighted by Gasteiger charge is 2.26. The van der Waals surface area contributed by atoms with Crippen molar-refractivity contribution >= 4 is 17.5 Å². The van der Waals surface area contributed by atoms with E-state index in [9.17, 15) is 9.59 Å². The Balaban J connectivity index is 1.46. The highest BCUT2D eigenvalue weighted by atomic mass is 16.7. The number of piperazine rings is 1. The number of amides is 2. The predicted molar refractivity (Wildman–Crippen MR) is 103 cm³/mol. The lowest BCUT2D eigenvalue weighted by atomic mass is 10.1. The van der Waals surface area contributed by atoms with Crippen molar-refractivity contribution < 1.29 is 19.1 Å². The first-order valence-corrected chi connectivity index (χ1v) is 9.39. The zero-order chi connectivity index (χ0) is 20.0. The van der Waals surface area contributed by atoms with Crippen LogP contribution in [0.5, 0.6) is 11.5 Å². The minimum atomic E-state index is -0.126. The van der Waals surface area contributed by atoms with Crippen LogP contribution >= 0.6 is 0 Å². The van der Waals surface area contributed by atoms with E-state index in [0.29, 0.717) is 48.9 Å². The van der Waals surface area contributed by atoms with Crippen molar-refractivity contribution in [2.45, 2.75) is 6.92 Å². The fraction of sp³-hybridized carbons (Fsp3) is 0.300. The molecule has 0 bridgehead atoms. The molecule has 9 nitrogen and oxygen atoms in total. The second-order valence-corrected chi connectivity index (χ2v) is 6.99. The topological polar surface area (TPSA) is 89.3 Å². The molecule has 0 unspecified atom stereocenters. The standard InChI is InChI=1S/C20H19N5O4/c1-13(26)23-6-8-24(9-7-23)20(27)15-11-22-25-16(4-5-21-19(15)25)14-2-3-17-18(10-14)29-12-28-17/h2-5,10-11H,6-9,12H2,1H3.